The van der Waals surface area contributed by atoms with Crippen LogP contribution in [0.2, 0.25) is 0 Å². The van der Waals surface area contributed by atoms with E-state index in [4.69, 9.17) is 4.42 Å². The van der Waals surface area contributed by atoms with Crippen LogP contribution in [0.15, 0.2) is 29.0 Å². The average molecular weight is 389 g/mol. The minimum absolute atomic E-state index is 0.0821. The fraction of sp³-hybridized carbons (Fsp3) is 0.500. The molecular weight excluding hydrogens is 366 g/mol. The van der Waals surface area contributed by atoms with Gasteiger partial charge in [-0.05, 0) is 25.0 Å². The van der Waals surface area contributed by atoms with Crippen LogP contribution in [-0.2, 0) is 9.53 Å². The Hall–Kier alpha value is -3.17. The molecule has 2 atom stereocenters. The zero-order valence-corrected chi connectivity index (χ0v) is 15.6. The number of carbonyl (C=O) groups is 3. The summed E-state index contributed by atoms with van der Waals surface area (Å²) in [6.45, 7) is 0.207. The van der Waals surface area contributed by atoms with Crippen molar-refractivity contribution < 1.29 is 23.5 Å². The molecule has 1 saturated carbocycles. The molecule has 1 aliphatic rings. The Balaban J connectivity index is 1.52. The number of furan rings is 1. The van der Waals surface area contributed by atoms with Gasteiger partial charge in [-0.2, -0.15) is 0 Å². The Morgan fingerprint density at radius 3 is 2.89 bits per heavy atom. The van der Waals surface area contributed by atoms with Crippen molar-refractivity contribution in [2.24, 2.45) is 0 Å². The van der Waals surface area contributed by atoms with Gasteiger partial charge in [0.2, 0.25) is 5.91 Å². The number of methoxy groups -OCH3 is 1. The van der Waals surface area contributed by atoms with Gasteiger partial charge in [0.25, 0.3) is 5.91 Å². The molecule has 0 spiro atoms. The summed E-state index contributed by atoms with van der Waals surface area (Å²) in [4.78, 5) is 35.7. The second-order valence-corrected chi connectivity index (χ2v) is 6.58. The fourth-order valence-electron chi connectivity index (χ4n) is 3.30. The predicted molar refractivity (Wildman–Crippen MR) is 96.5 cm³/mol. The molecule has 3 rings (SSSR count). The number of aromatic nitrogens is 3. The molecule has 28 heavy (non-hydrogen) atoms. The number of esters is 1. The second-order valence-electron chi connectivity index (χ2n) is 6.58. The number of nitrogens with zero attached hydrogens (tertiary/aromatic N) is 3. The summed E-state index contributed by atoms with van der Waals surface area (Å²) in [6, 6.07) is 2.99. The van der Waals surface area contributed by atoms with Gasteiger partial charge in [0.1, 0.15) is 0 Å². The molecule has 2 aromatic rings. The van der Waals surface area contributed by atoms with Crippen LogP contribution in [-0.4, -0.2) is 52.5 Å². The van der Waals surface area contributed by atoms with Crippen molar-refractivity contribution in [3.8, 4) is 0 Å². The zero-order chi connectivity index (χ0) is 19.9. The molecule has 0 bridgehead atoms. The first-order chi connectivity index (χ1) is 13.6. The average Bonchev–Trinajstić information content (AvgIpc) is 3.40. The number of hydrogen-bond donors (Lipinski definition) is 2. The van der Waals surface area contributed by atoms with Crippen molar-refractivity contribution in [2.75, 3.05) is 13.7 Å². The maximum absolute atomic E-state index is 12.3. The van der Waals surface area contributed by atoms with E-state index in [0.29, 0.717) is 0 Å². The van der Waals surface area contributed by atoms with Crippen LogP contribution in [0.4, 0.5) is 0 Å². The van der Waals surface area contributed by atoms with Gasteiger partial charge < -0.3 is 19.8 Å². The summed E-state index contributed by atoms with van der Waals surface area (Å²) >= 11 is 0. The smallest absolute Gasteiger partial charge is 0.360 e. The van der Waals surface area contributed by atoms with Crippen molar-refractivity contribution in [2.45, 2.75) is 44.2 Å². The lowest BCUT2D eigenvalue weighted by molar-refractivity contribution is -0.122. The summed E-state index contributed by atoms with van der Waals surface area (Å²) in [5.41, 5.74) is 0.138. The van der Waals surface area contributed by atoms with E-state index in [1.807, 2.05) is 0 Å². The topological polar surface area (TPSA) is 128 Å². The molecule has 2 amide bonds. The standard InChI is InChI=1S/C18H23N5O5/c1-27-18(26)13-11-23(22-21-13)14-6-3-2-5-12(14)20-16(24)8-9-19-17(25)15-7-4-10-28-15/h4,7,10-12,14H,2-3,5-6,8-9H2,1H3,(H,19,25)(H,20,24)/t12-,14-/m0/s1. The molecule has 1 aliphatic carbocycles. The van der Waals surface area contributed by atoms with E-state index in [0.717, 1.165) is 25.7 Å². The van der Waals surface area contributed by atoms with Crippen LogP contribution in [0.1, 0.15) is 59.2 Å². The summed E-state index contributed by atoms with van der Waals surface area (Å²) in [5, 5.41) is 13.5. The van der Waals surface area contributed by atoms with Crippen molar-refractivity contribution in [3.63, 3.8) is 0 Å². The molecule has 0 radical (unpaired) electrons. The molecule has 2 heterocycles. The minimum Gasteiger partial charge on any atom is -0.464 e. The highest BCUT2D eigenvalue weighted by Crippen LogP contribution is 2.28. The van der Waals surface area contributed by atoms with E-state index in [1.165, 1.54) is 13.4 Å². The van der Waals surface area contributed by atoms with Gasteiger partial charge in [0.15, 0.2) is 11.5 Å². The van der Waals surface area contributed by atoms with Crippen LogP contribution < -0.4 is 10.6 Å². The van der Waals surface area contributed by atoms with Gasteiger partial charge in [-0.3, -0.25) is 9.59 Å². The number of nitrogens with one attached hydrogen (secondary N) is 2. The lowest BCUT2D eigenvalue weighted by atomic mass is 9.90. The number of rotatable bonds is 7. The first-order valence-corrected chi connectivity index (χ1v) is 9.19. The Morgan fingerprint density at radius 2 is 2.14 bits per heavy atom. The molecule has 150 valence electrons. The second kappa shape index (κ2) is 9.16. The third-order valence-electron chi connectivity index (χ3n) is 4.70. The van der Waals surface area contributed by atoms with Crippen LogP contribution in [0, 0.1) is 0 Å². The van der Waals surface area contributed by atoms with Gasteiger partial charge in [-0.15, -0.1) is 5.10 Å². The van der Waals surface area contributed by atoms with E-state index in [-0.39, 0.29) is 48.3 Å². The maximum atomic E-state index is 12.3. The molecule has 10 heteroatoms. The summed E-state index contributed by atoms with van der Waals surface area (Å²) in [5.74, 6) is -0.855. The van der Waals surface area contributed by atoms with Gasteiger partial charge in [0.05, 0.1) is 31.7 Å². The highest BCUT2D eigenvalue weighted by Gasteiger charge is 2.29. The number of hydrogen-bond acceptors (Lipinski definition) is 7. The normalized spacial score (nSPS) is 19.0. The fourth-order valence-corrected chi connectivity index (χ4v) is 3.30. The molecule has 0 saturated heterocycles. The van der Waals surface area contributed by atoms with E-state index in [2.05, 4.69) is 25.7 Å². The summed E-state index contributed by atoms with van der Waals surface area (Å²) < 4.78 is 11.3. The van der Waals surface area contributed by atoms with Crippen molar-refractivity contribution >= 4 is 17.8 Å². The van der Waals surface area contributed by atoms with E-state index in [1.54, 1.807) is 23.0 Å². The van der Waals surface area contributed by atoms with Crippen LogP contribution in [0.3, 0.4) is 0 Å². The van der Waals surface area contributed by atoms with Gasteiger partial charge >= 0.3 is 5.97 Å². The lowest BCUT2D eigenvalue weighted by Crippen LogP contribution is -2.44. The highest BCUT2D eigenvalue weighted by atomic mass is 16.5. The summed E-state index contributed by atoms with van der Waals surface area (Å²) in [6.07, 6.45) is 6.75. The van der Waals surface area contributed by atoms with Crippen LogP contribution in [0.25, 0.3) is 0 Å². The van der Waals surface area contributed by atoms with E-state index in [9.17, 15) is 14.4 Å². The first kappa shape index (κ1) is 19.6. The number of carbonyl (C=O) groups excluding carboxylic acids is 3. The Morgan fingerprint density at radius 1 is 1.32 bits per heavy atom. The Kier molecular flexibility index (Phi) is 6.41. The minimum atomic E-state index is -0.546. The lowest BCUT2D eigenvalue weighted by Gasteiger charge is -2.32. The zero-order valence-electron chi connectivity index (χ0n) is 15.6. The Labute approximate surface area is 161 Å². The molecule has 2 N–H and O–H groups in total. The summed E-state index contributed by atoms with van der Waals surface area (Å²) in [7, 11) is 1.29. The SMILES string of the molecule is COC(=O)c1cn([C@H]2CCCC[C@@H]2NC(=O)CCNC(=O)c2ccco2)nn1. The molecule has 1 fully saturated rings. The van der Waals surface area contributed by atoms with Crippen molar-refractivity contribution in [1.82, 2.24) is 25.6 Å². The third kappa shape index (κ3) is 4.76. The predicted octanol–water partition coefficient (Wildman–Crippen LogP) is 1.08. The molecule has 0 aromatic carbocycles. The van der Waals surface area contributed by atoms with Crippen LogP contribution >= 0.6 is 0 Å². The van der Waals surface area contributed by atoms with Crippen molar-refractivity contribution in [3.05, 3.63) is 36.0 Å². The largest absolute Gasteiger partial charge is 0.464 e. The van der Waals surface area contributed by atoms with E-state index >= 15 is 0 Å². The third-order valence-corrected chi connectivity index (χ3v) is 4.70. The quantitative estimate of drug-likeness (QED) is 0.678. The Bertz CT molecular complexity index is 816. The highest BCUT2D eigenvalue weighted by molar-refractivity contribution is 5.91. The maximum Gasteiger partial charge on any atom is 0.360 e. The monoisotopic (exact) mass is 389 g/mol. The molecule has 0 aliphatic heterocycles. The van der Waals surface area contributed by atoms with Gasteiger partial charge in [-0.1, -0.05) is 18.1 Å². The van der Waals surface area contributed by atoms with Gasteiger partial charge in [0, 0.05) is 13.0 Å². The number of ether oxygens (including phenoxy) is 1. The van der Waals surface area contributed by atoms with E-state index < -0.39 is 5.97 Å². The van der Waals surface area contributed by atoms with Crippen LogP contribution in [0.5, 0.6) is 0 Å². The van der Waals surface area contributed by atoms with Gasteiger partial charge in [-0.25, -0.2) is 9.48 Å². The molecule has 10 nitrogen and oxygen atoms in total. The molecular formula is C18H23N5O5. The molecule has 2 aromatic heterocycles. The number of amides is 2. The first-order valence-electron chi connectivity index (χ1n) is 9.19. The van der Waals surface area contributed by atoms with Crippen molar-refractivity contribution in [1.29, 1.82) is 0 Å². The molecule has 0 unspecified atom stereocenters.